The predicted octanol–water partition coefficient (Wildman–Crippen LogP) is 6.47. The van der Waals surface area contributed by atoms with Gasteiger partial charge in [0.05, 0.1) is 0 Å². The third-order valence-electron chi connectivity index (χ3n) is 6.71. The van der Waals surface area contributed by atoms with Crippen molar-refractivity contribution >= 4 is 28.4 Å². The summed E-state index contributed by atoms with van der Waals surface area (Å²) in [7, 11) is 0. The van der Waals surface area contributed by atoms with Gasteiger partial charge >= 0.3 is 0 Å². The van der Waals surface area contributed by atoms with Crippen LogP contribution < -0.4 is 5.32 Å². The molecule has 0 radical (unpaired) electrons. The molecule has 1 aliphatic heterocycles. The van der Waals surface area contributed by atoms with Crippen LogP contribution in [0, 0.1) is 5.92 Å². The van der Waals surface area contributed by atoms with E-state index in [9.17, 15) is 9.59 Å². The van der Waals surface area contributed by atoms with E-state index in [1.165, 1.54) is 5.56 Å². The number of aromatic nitrogens is 1. The second-order valence-electron chi connectivity index (χ2n) is 10.9. The summed E-state index contributed by atoms with van der Waals surface area (Å²) in [5.41, 5.74) is 4.40. The molecule has 3 aromatic rings. The number of aryl methyl sites for hydroxylation is 1. The fourth-order valence-corrected chi connectivity index (χ4v) is 4.56. The summed E-state index contributed by atoms with van der Waals surface area (Å²) in [6.45, 7) is 13.4. The van der Waals surface area contributed by atoms with E-state index in [-0.39, 0.29) is 17.2 Å². The van der Waals surface area contributed by atoms with Crippen LogP contribution in [0.5, 0.6) is 0 Å². The Morgan fingerprint density at radius 2 is 1.65 bits per heavy atom. The number of hydrogen-bond donors (Lipinski definition) is 1. The topological polar surface area (TPSA) is 54.3 Å². The van der Waals surface area contributed by atoms with Crippen LogP contribution in [0.15, 0.2) is 48.5 Å². The number of fused-ring (bicyclic) bond motifs is 1. The molecular weight excluding hydrogens is 422 g/mol. The highest BCUT2D eigenvalue weighted by atomic mass is 16.2. The minimum atomic E-state index is -0.132. The predicted molar refractivity (Wildman–Crippen MR) is 140 cm³/mol. The van der Waals surface area contributed by atoms with E-state index in [1.54, 1.807) is 0 Å². The molecule has 4 rings (SSSR count). The highest BCUT2D eigenvalue weighted by molar-refractivity contribution is 6.06. The number of nitrogens with zero attached hydrogens (tertiary/aromatic N) is 2. The minimum absolute atomic E-state index is 0.0486. The Labute approximate surface area is 203 Å². The Morgan fingerprint density at radius 3 is 2.26 bits per heavy atom. The third kappa shape index (κ3) is 5.19. The zero-order valence-electron chi connectivity index (χ0n) is 21.1. The van der Waals surface area contributed by atoms with Crippen molar-refractivity contribution < 1.29 is 9.59 Å². The normalized spacial score (nSPS) is 14.2. The Balaban J connectivity index is 1.60. The molecule has 0 aliphatic carbocycles. The second-order valence-corrected chi connectivity index (χ2v) is 10.9. The lowest BCUT2D eigenvalue weighted by atomic mass is 9.87. The van der Waals surface area contributed by atoms with Crippen LogP contribution in [-0.4, -0.2) is 34.4 Å². The fourth-order valence-electron chi connectivity index (χ4n) is 4.56. The summed E-state index contributed by atoms with van der Waals surface area (Å²) >= 11 is 0. The summed E-state index contributed by atoms with van der Waals surface area (Å²) in [6, 6.07) is 15.7. The van der Waals surface area contributed by atoms with Crippen molar-refractivity contribution in [3.8, 4) is 0 Å². The smallest absolute Gasteiger partial charge is 0.270 e. The van der Waals surface area contributed by atoms with Crippen molar-refractivity contribution in [2.45, 2.75) is 65.8 Å². The molecule has 0 atom stereocenters. The van der Waals surface area contributed by atoms with E-state index in [0.29, 0.717) is 11.5 Å². The average Bonchev–Trinajstić information content (AvgIpc) is 3.44. The van der Waals surface area contributed by atoms with Gasteiger partial charge in [0.15, 0.2) is 0 Å². The lowest BCUT2D eigenvalue weighted by Gasteiger charge is -2.19. The molecule has 5 nitrogen and oxygen atoms in total. The van der Waals surface area contributed by atoms with Gasteiger partial charge in [-0.25, -0.2) is 0 Å². The van der Waals surface area contributed by atoms with Crippen molar-refractivity contribution in [2.75, 3.05) is 18.4 Å². The largest absolute Gasteiger partial charge is 0.337 e. The van der Waals surface area contributed by atoms with Gasteiger partial charge in [-0.05, 0) is 72.6 Å². The monoisotopic (exact) mass is 459 g/mol. The molecule has 2 amide bonds. The molecule has 1 N–H and O–H groups in total. The molecular formula is C29H37N3O2. The van der Waals surface area contributed by atoms with Gasteiger partial charge in [0.25, 0.3) is 11.8 Å². The maximum atomic E-state index is 13.3. The van der Waals surface area contributed by atoms with Crippen molar-refractivity contribution in [3.63, 3.8) is 0 Å². The summed E-state index contributed by atoms with van der Waals surface area (Å²) in [5, 5.41) is 4.01. The van der Waals surface area contributed by atoms with Crippen LogP contribution in [0.4, 0.5) is 5.69 Å². The number of benzene rings is 2. The van der Waals surface area contributed by atoms with Gasteiger partial charge in [-0.1, -0.05) is 46.8 Å². The Bertz CT molecular complexity index is 1180. The molecule has 1 aromatic heterocycles. The van der Waals surface area contributed by atoms with Crippen molar-refractivity contribution in [1.29, 1.82) is 0 Å². The number of nitrogens with one attached hydrogen (secondary N) is 1. The molecule has 1 aliphatic rings. The summed E-state index contributed by atoms with van der Waals surface area (Å²) in [6.07, 6.45) is 3.16. The average molecular weight is 460 g/mol. The summed E-state index contributed by atoms with van der Waals surface area (Å²) in [5.74, 6) is 0.532. The quantitative estimate of drug-likeness (QED) is 0.459. The first-order valence-corrected chi connectivity index (χ1v) is 12.5. The van der Waals surface area contributed by atoms with E-state index in [0.717, 1.165) is 61.2 Å². The van der Waals surface area contributed by atoms with E-state index in [1.807, 2.05) is 53.4 Å². The van der Waals surface area contributed by atoms with Crippen LogP contribution in [0.3, 0.4) is 0 Å². The fraction of sp³-hybridized carbons (Fsp3) is 0.448. The minimum Gasteiger partial charge on any atom is -0.337 e. The number of rotatable bonds is 6. The molecule has 0 spiro atoms. The molecule has 0 saturated carbocycles. The van der Waals surface area contributed by atoms with Crippen LogP contribution in [0.1, 0.15) is 80.3 Å². The number of amides is 2. The number of anilines is 1. The maximum absolute atomic E-state index is 13.3. The molecule has 180 valence electrons. The number of carbonyl (C=O) groups is 2. The number of carbonyl (C=O) groups excluding carboxylic acids is 2. The molecule has 0 unspecified atom stereocenters. The molecule has 1 saturated heterocycles. The zero-order chi connectivity index (χ0) is 24.5. The van der Waals surface area contributed by atoms with Crippen molar-refractivity contribution in [3.05, 3.63) is 65.4 Å². The lowest BCUT2D eigenvalue weighted by molar-refractivity contribution is 0.0782. The van der Waals surface area contributed by atoms with Gasteiger partial charge in [0, 0.05) is 41.8 Å². The number of likely N-dealkylation sites (tertiary alicyclic amines) is 1. The first kappa shape index (κ1) is 24.1. The Kier molecular flexibility index (Phi) is 6.83. The van der Waals surface area contributed by atoms with Crippen molar-refractivity contribution in [2.24, 2.45) is 5.92 Å². The van der Waals surface area contributed by atoms with Crippen LogP contribution >= 0.6 is 0 Å². The summed E-state index contributed by atoms with van der Waals surface area (Å²) in [4.78, 5) is 28.1. The third-order valence-corrected chi connectivity index (χ3v) is 6.71. The first-order chi connectivity index (χ1) is 16.1. The molecule has 2 aromatic carbocycles. The van der Waals surface area contributed by atoms with E-state index in [4.69, 9.17) is 0 Å². The van der Waals surface area contributed by atoms with Crippen LogP contribution in [-0.2, 0) is 12.0 Å². The van der Waals surface area contributed by atoms with Gasteiger partial charge in [-0.15, -0.1) is 0 Å². The molecule has 2 heterocycles. The molecule has 1 fully saturated rings. The maximum Gasteiger partial charge on any atom is 0.270 e. The SMILES string of the molecule is CC(C)CCn1c(C(=O)N2CCCC2)cc2cc(NC(=O)c3ccc(C(C)(C)C)cc3)ccc21. The van der Waals surface area contributed by atoms with Crippen LogP contribution in [0.2, 0.25) is 0 Å². The zero-order valence-corrected chi connectivity index (χ0v) is 21.1. The lowest BCUT2D eigenvalue weighted by Crippen LogP contribution is -2.29. The van der Waals surface area contributed by atoms with Crippen molar-refractivity contribution in [1.82, 2.24) is 9.47 Å². The highest BCUT2D eigenvalue weighted by Gasteiger charge is 2.24. The number of hydrogen-bond acceptors (Lipinski definition) is 2. The highest BCUT2D eigenvalue weighted by Crippen LogP contribution is 2.27. The van der Waals surface area contributed by atoms with E-state index in [2.05, 4.69) is 44.5 Å². The Morgan fingerprint density at radius 1 is 0.971 bits per heavy atom. The van der Waals surface area contributed by atoms with Gasteiger partial charge in [-0.3, -0.25) is 9.59 Å². The molecule has 5 heteroatoms. The molecule has 34 heavy (non-hydrogen) atoms. The van der Waals surface area contributed by atoms with E-state index >= 15 is 0 Å². The Hall–Kier alpha value is -3.08. The standard InChI is InChI=1S/C29H37N3O2/c1-20(2)14-17-32-25-13-12-24(18-22(25)19-26(32)28(34)31-15-6-7-16-31)30-27(33)21-8-10-23(11-9-21)29(3,4)5/h8-13,18-20H,6-7,14-17H2,1-5H3,(H,30,33). The van der Waals surface area contributed by atoms with Gasteiger partial charge in [0.2, 0.25) is 0 Å². The molecule has 0 bridgehead atoms. The van der Waals surface area contributed by atoms with Crippen LogP contribution in [0.25, 0.3) is 10.9 Å². The van der Waals surface area contributed by atoms with Gasteiger partial charge in [-0.2, -0.15) is 0 Å². The first-order valence-electron chi connectivity index (χ1n) is 12.5. The van der Waals surface area contributed by atoms with Gasteiger partial charge < -0.3 is 14.8 Å². The summed E-state index contributed by atoms with van der Waals surface area (Å²) < 4.78 is 2.16. The van der Waals surface area contributed by atoms with Gasteiger partial charge in [0.1, 0.15) is 5.69 Å². The van der Waals surface area contributed by atoms with E-state index < -0.39 is 0 Å². The second kappa shape index (κ2) is 9.65.